The number of hydrogen-bond donors (Lipinski definition) is 1. The lowest BCUT2D eigenvalue weighted by molar-refractivity contribution is 0.778. The van der Waals surface area contributed by atoms with Crippen LogP contribution in [0, 0.1) is 0 Å². The smallest absolute Gasteiger partial charge is 0.115 e. The van der Waals surface area contributed by atoms with Crippen molar-refractivity contribution >= 4 is 15.9 Å². The SMILES string of the molecule is NCC(c1ccncn1)c1ccccc1Br. The van der Waals surface area contributed by atoms with Crippen molar-refractivity contribution in [3.63, 3.8) is 0 Å². The largest absolute Gasteiger partial charge is 0.329 e. The summed E-state index contributed by atoms with van der Waals surface area (Å²) in [4.78, 5) is 8.17. The van der Waals surface area contributed by atoms with Crippen LogP contribution in [0.4, 0.5) is 0 Å². The molecule has 0 bridgehead atoms. The standard InChI is InChI=1S/C12H12BrN3/c13-11-4-2-1-3-9(11)10(7-14)12-5-6-15-8-16-12/h1-6,8,10H,7,14H2. The van der Waals surface area contributed by atoms with E-state index in [2.05, 4.69) is 32.0 Å². The van der Waals surface area contributed by atoms with Gasteiger partial charge in [0.15, 0.2) is 0 Å². The van der Waals surface area contributed by atoms with Crippen molar-refractivity contribution in [1.82, 2.24) is 9.97 Å². The van der Waals surface area contributed by atoms with Crippen LogP contribution in [0.3, 0.4) is 0 Å². The highest BCUT2D eigenvalue weighted by Crippen LogP contribution is 2.28. The quantitative estimate of drug-likeness (QED) is 0.937. The summed E-state index contributed by atoms with van der Waals surface area (Å²) in [7, 11) is 0. The Morgan fingerprint density at radius 3 is 2.69 bits per heavy atom. The third-order valence-electron chi connectivity index (χ3n) is 2.48. The number of nitrogens with zero attached hydrogens (tertiary/aromatic N) is 2. The zero-order valence-corrected chi connectivity index (χ0v) is 10.3. The maximum absolute atomic E-state index is 5.82. The predicted molar refractivity (Wildman–Crippen MR) is 67.1 cm³/mol. The number of nitrogens with two attached hydrogens (primary N) is 1. The van der Waals surface area contributed by atoms with E-state index in [0.29, 0.717) is 6.54 Å². The Morgan fingerprint density at radius 2 is 2.06 bits per heavy atom. The van der Waals surface area contributed by atoms with Gasteiger partial charge in [0, 0.05) is 23.1 Å². The molecule has 16 heavy (non-hydrogen) atoms. The summed E-state index contributed by atoms with van der Waals surface area (Å²) in [6, 6.07) is 9.96. The van der Waals surface area contributed by atoms with Gasteiger partial charge in [-0.05, 0) is 17.7 Å². The van der Waals surface area contributed by atoms with Crippen molar-refractivity contribution < 1.29 is 0 Å². The van der Waals surface area contributed by atoms with Crippen LogP contribution in [-0.4, -0.2) is 16.5 Å². The van der Waals surface area contributed by atoms with Gasteiger partial charge in [-0.2, -0.15) is 0 Å². The van der Waals surface area contributed by atoms with Gasteiger partial charge in [-0.15, -0.1) is 0 Å². The first-order chi connectivity index (χ1) is 7.83. The van der Waals surface area contributed by atoms with E-state index in [4.69, 9.17) is 5.73 Å². The first-order valence-electron chi connectivity index (χ1n) is 5.03. The van der Waals surface area contributed by atoms with Crippen molar-refractivity contribution in [1.29, 1.82) is 0 Å². The van der Waals surface area contributed by atoms with Crippen LogP contribution in [0.15, 0.2) is 47.3 Å². The average molecular weight is 278 g/mol. The Bertz CT molecular complexity index is 459. The van der Waals surface area contributed by atoms with Crippen LogP contribution >= 0.6 is 15.9 Å². The fraction of sp³-hybridized carbons (Fsp3) is 0.167. The summed E-state index contributed by atoms with van der Waals surface area (Å²) in [6.45, 7) is 0.527. The Kier molecular flexibility index (Phi) is 3.64. The molecule has 0 saturated heterocycles. The second-order valence-corrected chi connectivity index (χ2v) is 4.30. The molecule has 1 heterocycles. The van der Waals surface area contributed by atoms with Crippen molar-refractivity contribution in [2.24, 2.45) is 5.73 Å². The number of aromatic nitrogens is 2. The Morgan fingerprint density at radius 1 is 1.25 bits per heavy atom. The predicted octanol–water partition coefficient (Wildman–Crippen LogP) is 2.33. The number of rotatable bonds is 3. The molecule has 0 amide bonds. The first-order valence-corrected chi connectivity index (χ1v) is 5.82. The molecule has 1 unspecified atom stereocenters. The van der Waals surface area contributed by atoms with E-state index in [9.17, 15) is 0 Å². The Balaban J connectivity index is 2.41. The molecule has 1 aromatic carbocycles. The summed E-state index contributed by atoms with van der Waals surface area (Å²) in [5.74, 6) is 0.110. The number of hydrogen-bond acceptors (Lipinski definition) is 3. The molecule has 1 aromatic heterocycles. The van der Waals surface area contributed by atoms with Gasteiger partial charge >= 0.3 is 0 Å². The molecule has 0 aliphatic rings. The topological polar surface area (TPSA) is 51.8 Å². The van der Waals surface area contributed by atoms with E-state index in [-0.39, 0.29) is 5.92 Å². The van der Waals surface area contributed by atoms with E-state index < -0.39 is 0 Å². The van der Waals surface area contributed by atoms with Gasteiger partial charge in [0.25, 0.3) is 0 Å². The third-order valence-corrected chi connectivity index (χ3v) is 3.20. The van der Waals surface area contributed by atoms with Crippen molar-refractivity contribution in [2.75, 3.05) is 6.54 Å². The van der Waals surface area contributed by atoms with E-state index in [1.807, 2.05) is 24.3 Å². The maximum Gasteiger partial charge on any atom is 0.115 e. The molecule has 1 atom stereocenters. The molecule has 0 saturated carbocycles. The first kappa shape index (κ1) is 11.2. The number of benzene rings is 1. The monoisotopic (exact) mass is 277 g/mol. The molecular weight excluding hydrogens is 266 g/mol. The summed E-state index contributed by atoms with van der Waals surface area (Å²) in [6.07, 6.45) is 3.29. The summed E-state index contributed by atoms with van der Waals surface area (Å²) >= 11 is 3.54. The van der Waals surface area contributed by atoms with Crippen LogP contribution in [0.5, 0.6) is 0 Å². The lowest BCUT2D eigenvalue weighted by atomic mass is 9.96. The van der Waals surface area contributed by atoms with Crippen LogP contribution in [0.2, 0.25) is 0 Å². The minimum absolute atomic E-state index is 0.110. The molecule has 2 aromatic rings. The lowest BCUT2D eigenvalue weighted by Gasteiger charge is -2.15. The molecule has 3 nitrogen and oxygen atoms in total. The van der Waals surface area contributed by atoms with Crippen LogP contribution < -0.4 is 5.73 Å². The molecular formula is C12H12BrN3. The highest BCUT2D eigenvalue weighted by molar-refractivity contribution is 9.10. The minimum Gasteiger partial charge on any atom is -0.329 e. The zero-order valence-electron chi connectivity index (χ0n) is 8.68. The molecule has 0 spiro atoms. The van der Waals surface area contributed by atoms with E-state index in [1.165, 1.54) is 0 Å². The van der Waals surface area contributed by atoms with Crippen molar-refractivity contribution in [3.05, 3.63) is 58.6 Å². The van der Waals surface area contributed by atoms with Crippen LogP contribution in [0.25, 0.3) is 0 Å². The van der Waals surface area contributed by atoms with E-state index in [0.717, 1.165) is 15.7 Å². The van der Waals surface area contributed by atoms with Gasteiger partial charge in [0.05, 0.1) is 5.69 Å². The van der Waals surface area contributed by atoms with E-state index >= 15 is 0 Å². The van der Waals surface area contributed by atoms with Gasteiger partial charge in [-0.25, -0.2) is 9.97 Å². The Labute approximate surface area is 103 Å². The average Bonchev–Trinajstić information content (AvgIpc) is 2.34. The van der Waals surface area contributed by atoms with Gasteiger partial charge in [-0.3, -0.25) is 0 Å². The van der Waals surface area contributed by atoms with E-state index in [1.54, 1.807) is 12.5 Å². The lowest BCUT2D eigenvalue weighted by Crippen LogP contribution is -2.15. The van der Waals surface area contributed by atoms with Crippen LogP contribution in [-0.2, 0) is 0 Å². The van der Waals surface area contributed by atoms with Gasteiger partial charge in [0.2, 0.25) is 0 Å². The molecule has 4 heteroatoms. The third kappa shape index (κ3) is 2.28. The fourth-order valence-electron chi connectivity index (χ4n) is 1.67. The van der Waals surface area contributed by atoms with Crippen molar-refractivity contribution in [2.45, 2.75) is 5.92 Å². The Hall–Kier alpha value is -1.26. The van der Waals surface area contributed by atoms with Gasteiger partial charge in [0.1, 0.15) is 6.33 Å². The molecule has 82 valence electrons. The highest BCUT2D eigenvalue weighted by Gasteiger charge is 2.15. The minimum atomic E-state index is 0.110. The fourth-order valence-corrected chi connectivity index (χ4v) is 2.23. The second-order valence-electron chi connectivity index (χ2n) is 3.44. The molecule has 0 fully saturated rings. The van der Waals surface area contributed by atoms with Gasteiger partial charge < -0.3 is 5.73 Å². The zero-order chi connectivity index (χ0) is 11.4. The summed E-state index contributed by atoms with van der Waals surface area (Å²) in [5, 5.41) is 0. The summed E-state index contributed by atoms with van der Waals surface area (Å²) in [5.41, 5.74) is 7.93. The summed E-state index contributed by atoms with van der Waals surface area (Å²) < 4.78 is 1.06. The number of halogens is 1. The molecule has 0 radical (unpaired) electrons. The van der Waals surface area contributed by atoms with Crippen molar-refractivity contribution in [3.8, 4) is 0 Å². The molecule has 2 rings (SSSR count). The normalized spacial score (nSPS) is 12.4. The molecule has 0 aliphatic carbocycles. The maximum atomic E-state index is 5.82. The van der Waals surface area contributed by atoms with Crippen LogP contribution in [0.1, 0.15) is 17.2 Å². The molecule has 2 N–H and O–H groups in total. The second kappa shape index (κ2) is 5.18. The highest BCUT2D eigenvalue weighted by atomic mass is 79.9. The van der Waals surface area contributed by atoms with Gasteiger partial charge in [-0.1, -0.05) is 34.1 Å². The molecule has 0 aliphatic heterocycles.